The van der Waals surface area contributed by atoms with Gasteiger partial charge in [-0.05, 0) is 24.5 Å². The number of esters is 1. The molecular formula is C14H22N2O2. The van der Waals surface area contributed by atoms with Gasteiger partial charge in [0.2, 0.25) is 0 Å². The monoisotopic (exact) mass is 250 g/mol. The summed E-state index contributed by atoms with van der Waals surface area (Å²) >= 11 is 0. The lowest BCUT2D eigenvalue weighted by molar-refractivity contribution is -0.146. The highest BCUT2D eigenvalue weighted by Gasteiger charge is 2.50. The zero-order valence-corrected chi connectivity index (χ0v) is 11.4. The van der Waals surface area contributed by atoms with Crippen LogP contribution in [0.1, 0.15) is 32.3 Å². The highest BCUT2D eigenvalue weighted by Crippen LogP contribution is 2.46. The molecule has 100 valence electrons. The molecule has 2 N–H and O–H groups in total. The molecule has 18 heavy (non-hydrogen) atoms. The average Bonchev–Trinajstić information content (AvgIpc) is 2.92. The van der Waals surface area contributed by atoms with Gasteiger partial charge in [-0.2, -0.15) is 0 Å². The molecule has 0 unspecified atom stereocenters. The van der Waals surface area contributed by atoms with Crippen molar-refractivity contribution in [1.82, 2.24) is 10.3 Å². The van der Waals surface area contributed by atoms with Crippen molar-refractivity contribution in [3.8, 4) is 0 Å². The first-order valence-electron chi connectivity index (χ1n) is 6.43. The number of ether oxygens (including phenoxy) is 1. The van der Waals surface area contributed by atoms with Gasteiger partial charge in [0.25, 0.3) is 0 Å². The fourth-order valence-electron chi connectivity index (χ4n) is 2.28. The van der Waals surface area contributed by atoms with E-state index in [1.807, 2.05) is 12.4 Å². The maximum Gasteiger partial charge on any atom is 0.313 e. The second-order valence-electron chi connectivity index (χ2n) is 5.86. The van der Waals surface area contributed by atoms with E-state index in [1.54, 1.807) is 0 Å². The summed E-state index contributed by atoms with van der Waals surface area (Å²) in [5.74, 6) is -0.0746. The van der Waals surface area contributed by atoms with E-state index < -0.39 is 0 Å². The number of aromatic nitrogens is 1. The molecule has 1 fully saturated rings. The third-order valence-electron chi connectivity index (χ3n) is 3.88. The summed E-state index contributed by atoms with van der Waals surface area (Å²) < 4.78 is 4.85. The van der Waals surface area contributed by atoms with E-state index in [9.17, 15) is 4.79 Å². The molecule has 0 saturated heterocycles. The van der Waals surface area contributed by atoms with Crippen LogP contribution in [0.2, 0.25) is 0 Å². The van der Waals surface area contributed by atoms with Gasteiger partial charge < -0.3 is 15.0 Å². The van der Waals surface area contributed by atoms with Crippen molar-refractivity contribution < 1.29 is 9.53 Å². The van der Waals surface area contributed by atoms with E-state index in [0.29, 0.717) is 6.54 Å². The third kappa shape index (κ3) is 2.58. The topological polar surface area (TPSA) is 54.1 Å². The first kappa shape index (κ1) is 13.1. The van der Waals surface area contributed by atoms with Crippen LogP contribution < -0.4 is 5.32 Å². The van der Waals surface area contributed by atoms with E-state index in [1.165, 1.54) is 12.7 Å². The van der Waals surface area contributed by atoms with E-state index in [2.05, 4.69) is 30.2 Å². The number of H-pyrrole nitrogens is 1. The Labute approximate surface area is 108 Å². The van der Waals surface area contributed by atoms with Crippen molar-refractivity contribution in [1.29, 1.82) is 0 Å². The van der Waals surface area contributed by atoms with Gasteiger partial charge in [0, 0.05) is 30.9 Å². The Morgan fingerprint density at radius 2 is 2.28 bits per heavy atom. The number of rotatable bonds is 6. The highest BCUT2D eigenvalue weighted by atomic mass is 16.5. The van der Waals surface area contributed by atoms with Gasteiger partial charge in [-0.25, -0.2) is 0 Å². The molecular weight excluding hydrogens is 228 g/mol. The van der Waals surface area contributed by atoms with Crippen LogP contribution in [0, 0.1) is 5.41 Å². The largest absolute Gasteiger partial charge is 0.469 e. The van der Waals surface area contributed by atoms with Crippen molar-refractivity contribution in [2.75, 3.05) is 20.2 Å². The lowest BCUT2D eigenvalue weighted by Gasteiger charge is -2.25. The fourth-order valence-corrected chi connectivity index (χ4v) is 2.28. The van der Waals surface area contributed by atoms with Gasteiger partial charge in [0.15, 0.2) is 0 Å². The van der Waals surface area contributed by atoms with Crippen molar-refractivity contribution in [2.45, 2.75) is 32.1 Å². The number of hydrogen-bond acceptors (Lipinski definition) is 3. The Bertz CT molecular complexity index is 405. The van der Waals surface area contributed by atoms with Gasteiger partial charge in [-0.3, -0.25) is 4.79 Å². The molecule has 2 rings (SSSR count). The molecule has 0 amide bonds. The van der Waals surface area contributed by atoms with Crippen molar-refractivity contribution in [2.24, 2.45) is 5.41 Å². The summed E-state index contributed by atoms with van der Waals surface area (Å²) in [5, 5.41) is 3.42. The molecule has 1 saturated carbocycles. The van der Waals surface area contributed by atoms with E-state index in [4.69, 9.17) is 4.74 Å². The van der Waals surface area contributed by atoms with Crippen LogP contribution in [-0.4, -0.2) is 31.2 Å². The summed E-state index contributed by atoms with van der Waals surface area (Å²) in [6, 6.07) is 2.09. The van der Waals surface area contributed by atoms with Crippen molar-refractivity contribution >= 4 is 5.97 Å². The standard InChI is InChI=1S/C14H22N2O2/c1-13(2,11-4-7-15-8-11)9-16-10-14(5-6-14)12(17)18-3/h4,7-8,15-16H,5-6,9-10H2,1-3H3. The predicted molar refractivity (Wildman–Crippen MR) is 70.4 cm³/mol. The normalized spacial score (nSPS) is 17.5. The molecule has 0 bridgehead atoms. The molecule has 1 aliphatic rings. The number of hydrogen-bond donors (Lipinski definition) is 2. The highest BCUT2D eigenvalue weighted by molar-refractivity contribution is 5.80. The van der Waals surface area contributed by atoms with E-state index in [0.717, 1.165) is 19.4 Å². The minimum Gasteiger partial charge on any atom is -0.469 e. The van der Waals surface area contributed by atoms with Crippen LogP contribution in [0.25, 0.3) is 0 Å². The summed E-state index contributed by atoms with van der Waals surface area (Å²) in [6.45, 7) is 5.96. The summed E-state index contributed by atoms with van der Waals surface area (Å²) in [7, 11) is 1.46. The predicted octanol–water partition coefficient (Wildman–Crippen LogP) is 1.84. The molecule has 0 spiro atoms. The van der Waals surface area contributed by atoms with Crippen LogP contribution in [-0.2, 0) is 14.9 Å². The smallest absolute Gasteiger partial charge is 0.313 e. The van der Waals surface area contributed by atoms with Crippen LogP contribution in [0.4, 0.5) is 0 Å². The molecule has 1 aliphatic carbocycles. The number of nitrogens with one attached hydrogen (secondary N) is 2. The first-order chi connectivity index (χ1) is 8.50. The molecule has 0 atom stereocenters. The fraction of sp³-hybridized carbons (Fsp3) is 0.643. The minimum absolute atomic E-state index is 0.0617. The molecule has 1 aromatic heterocycles. The summed E-state index contributed by atoms with van der Waals surface area (Å²) in [5.41, 5.74) is 1.09. The lowest BCUT2D eigenvalue weighted by atomic mass is 9.86. The second kappa shape index (κ2) is 4.76. The second-order valence-corrected chi connectivity index (χ2v) is 5.86. The van der Waals surface area contributed by atoms with Crippen LogP contribution in [0.5, 0.6) is 0 Å². The first-order valence-corrected chi connectivity index (χ1v) is 6.43. The Kier molecular flexibility index (Phi) is 3.48. The average molecular weight is 250 g/mol. The van der Waals surface area contributed by atoms with Gasteiger partial charge in [-0.15, -0.1) is 0 Å². The Morgan fingerprint density at radius 3 is 2.78 bits per heavy atom. The third-order valence-corrected chi connectivity index (χ3v) is 3.88. The van der Waals surface area contributed by atoms with Gasteiger partial charge in [0.1, 0.15) is 0 Å². The Hall–Kier alpha value is -1.29. The van der Waals surface area contributed by atoms with Crippen LogP contribution in [0.15, 0.2) is 18.5 Å². The quantitative estimate of drug-likeness (QED) is 0.757. The molecule has 0 aliphatic heterocycles. The van der Waals surface area contributed by atoms with Crippen molar-refractivity contribution in [3.63, 3.8) is 0 Å². The van der Waals surface area contributed by atoms with Gasteiger partial charge >= 0.3 is 5.97 Å². The Balaban J connectivity index is 1.84. The molecule has 1 aromatic rings. The maximum atomic E-state index is 11.6. The number of methoxy groups -OCH3 is 1. The maximum absolute atomic E-state index is 11.6. The van der Waals surface area contributed by atoms with Gasteiger partial charge in [0.05, 0.1) is 12.5 Å². The number of carbonyl (C=O) groups excluding carboxylic acids is 1. The SMILES string of the molecule is COC(=O)C1(CNCC(C)(C)c2cc[nH]c2)CC1. The molecule has 0 aromatic carbocycles. The lowest BCUT2D eigenvalue weighted by Crippen LogP contribution is -2.38. The zero-order valence-electron chi connectivity index (χ0n) is 11.4. The van der Waals surface area contributed by atoms with Crippen LogP contribution in [0.3, 0.4) is 0 Å². The Morgan fingerprint density at radius 1 is 1.56 bits per heavy atom. The van der Waals surface area contributed by atoms with Crippen LogP contribution >= 0.6 is 0 Å². The zero-order chi connectivity index (χ0) is 13.2. The number of carbonyl (C=O) groups is 1. The van der Waals surface area contributed by atoms with Gasteiger partial charge in [-0.1, -0.05) is 13.8 Å². The summed E-state index contributed by atoms with van der Waals surface area (Å²) in [4.78, 5) is 14.7. The van der Waals surface area contributed by atoms with E-state index >= 15 is 0 Å². The molecule has 4 nitrogen and oxygen atoms in total. The number of aromatic amines is 1. The molecule has 0 radical (unpaired) electrons. The summed E-state index contributed by atoms with van der Waals surface area (Å²) in [6.07, 6.45) is 5.84. The molecule has 4 heteroatoms. The molecule has 1 heterocycles. The minimum atomic E-state index is -0.247. The van der Waals surface area contributed by atoms with E-state index in [-0.39, 0.29) is 16.8 Å². The van der Waals surface area contributed by atoms with Crippen molar-refractivity contribution in [3.05, 3.63) is 24.0 Å².